The van der Waals surface area contributed by atoms with Gasteiger partial charge in [0.25, 0.3) is 0 Å². The molecule has 1 aliphatic carbocycles. The molecule has 3 nitrogen and oxygen atoms in total. The topological polar surface area (TPSA) is 24.5 Å². The molecule has 0 amide bonds. The lowest BCUT2D eigenvalue weighted by molar-refractivity contribution is 0.139. The Morgan fingerprint density at radius 1 is 1.19 bits per heavy atom. The minimum atomic E-state index is 0.567. The molecule has 0 bridgehead atoms. The smallest absolute Gasteiger partial charge is 0.0589 e. The van der Waals surface area contributed by atoms with Gasteiger partial charge in [-0.1, -0.05) is 38.1 Å². The predicted molar refractivity (Wildman–Crippen MR) is 88.6 cm³/mol. The third-order valence-electron chi connectivity index (χ3n) is 4.02. The van der Waals surface area contributed by atoms with Crippen molar-refractivity contribution < 1.29 is 4.74 Å². The van der Waals surface area contributed by atoms with Gasteiger partial charge in [-0.15, -0.1) is 0 Å². The first-order chi connectivity index (χ1) is 10.2. The molecule has 0 atom stereocenters. The molecule has 1 aromatic carbocycles. The van der Waals surface area contributed by atoms with Gasteiger partial charge in [0.1, 0.15) is 0 Å². The van der Waals surface area contributed by atoms with E-state index in [0.717, 1.165) is 38.7 Å². The fourth-order valence-corrected chi connectivity index (χ4v) is 2.59. The van der Waals surface area contributed by atoms with E-state index >= 15 is 0 Å². The SMILES string of the molecule is COCCN(Cc1ccc(CCNC(C)C)cc1)C1CC1. The molecule has 0 saturated heterocycles. The number of nitrogens with one attached hydrogen (secondary N) is 1. The molecule has 21 heavy (non-hydrogen) atoms. The van der Waals surface area contributed by atoms with Gasteiger partial charge in [-0.25, -0.2) is 0 Å². The van der Waals surface area contributed by atoms with Crippen molar-refractivity contribution in [1.29, 1.82) is 0 Å². The molecular formula is C18H30N2O. The summed E-state index contributed by atoms with van der Waals surface area (Å²) < 4.78 is 5.22. The minimum absolute atomic E-state index is 0.567. The zero-order valence-electron chi connectivity index (χ0n) is 13.8. The summed E-state index contributed by atoms with van der Waals surface area (Å²) in [7, 11) is 1.78. The summed E-state index contributed by atoms with van der Waals surface area (Å²) in [6, 6.07) is 10.5. The third kappa shape index (κ3) is 6.16. The van der Waals surface area contributed by atoms with Crippen LogP contribution in [0, 0.1) is 0 Å². The second-order valence-corrected chi connectivity index (χ2v) is 6.37. The number of ether oxygens (including phenoxy) is 1. The number of nitrogens with zero attached hydrogens (tertiary/aromatic N) is 1. The number of methoxy groups -OCH3 is 1. The van der Waals surface area contributed by atoms with E-state index in [2.05, 4.69) is 48.3 Å². The molecule has 1 fully saturated rings. The first-order valence-electron chi connectivity index (χ1n) is 8.23. The fourth-order valence-electron chi connectivity index (χ4n) is 2.59. The molecule has 2 rings (SSSR count). The Kier molecular flexibility index (Phi) is 6.68. The highest BCUT2D eigenvalue weighted by molar-refractivity contribution is 5.23. The van der Waals surface area contributed by atoms with Crippen molar-refractivity contribution in [3.63, 3.8) is 0 Å². The Bertz CT molecular complexity index is 398. The molecular weight excluding hydrogens is 260 g/mol. The summed E-state index contributed by atoms with van der Waals surface area (Å²) >= 11 is 0. The molecule has 1 aromatic rings. The predicted octanol–water partition coefficient (Wildman–Crippen LogP) is 2.84. The van der Waals surface area contributed by atoms with E-state index in [-0.39, 0.29) is 0 Å². The Labute approximate surface area is 129 Å². The first-order valence-corrected chi connectivity index (χ1v) is 8.23. The van der Waals surface area contributed by atoms with Gasteiger partial charge in [0, 0.05) is 32.3 Å². The molecule has 1 N–H and O–H groups in total. The number of benzene rings is 1. The van der Waals surface area contributed by atoms with E-state index in [1.165, 1.54) is 24.0 Å². The summed E-state index contributed by atoms with van der Waals surface area (Å²) in [5, 5.41) is 3.47. The highest BCUT2D eigenvalue weighted by Gasteiger charge is 2.28. The van der Waals surface area contributed by atoms with Gasteiger partial charge in [-0.05, 0) is 36.9 Å². The summed E-state index contributed by atoms with van der Waals surface area (Å²) in [4.78, 5) is 2.55. The van der Waals surface area contributed by atoms with Gasteiger partial charge in [0.05, 0.1) is 6.61 Å². The molecule has 0 aromatic heterocycles. The Balaban J connectivity index is 1.80. The number of hydrogen-bond acceptors (Lipinski definition) is 3. The van der Waals surface area contributed by atoms with Crippen LogP contribution in [-0.4, -0.2) is 43.8 Å². The molecule has 118 valence electrons. The van der Waals surface area contributed by atoms with Gasteiger partial charge >= 0.3 is 0 Å². The van der Waals surface area contributed by atoms with Gasteiger partial charge in [0.15, 0.2) is 0 Å². The fraction of sp³-hybridized carbons (Fsp3) is 0.667. The Hall–Kier alpha value is -0.900. The first kappa shape index (κ1) is 16.5. The van der Waals surface area contributed by atoms with Crippen LogP contribution in [0.25, 0.3) is 0 Å². The van der Waals surface area contributed by atoms with Crippen molar-refractivity contribution in [2.45, 2.75) is 51.7 Å². The second-order valence-electron chi connectivity index (χ2n) is 6.37. The second kappa shape index (κ2) is 8.52. The van der Waals surface area contributed by atoms with E-state index in [4.69, 9.17) is 4.74 Å². The average Bonchev–Trinajstić information content (AvgIpc) is 3.29. The Morgan fingerprint density at radius 3 is 2.43 bits per heavy atom. The van der Waals surface area contributed by atoms with Crippen molar-refractivity contribution in [3.8, 4) is 0 Å². The quantitative estimate of drug-likeness (QED) is 0.717. The maximum atomic E-state index is 5.22. The summed E-state index contributed by atoms with van der Waals surface area (Å²) in [6.45, 7) is 8.36. The van der Waals surface area contributed by atoms with E-state index in [1.807, 2.05) is 0 Å². The lowest BCUT2D eigenvalue weighted by Gasteiger charge is -2.21. The van der Waals surface area contributed by atoms with Gasteiger partial charge in [0.2, 0.25) is 0 Å². The lowest BCUT2D eigenvalue weighted by atomic mass is 10.1. The molecule has 0 radical (unpaired) electrons. The van der Waals surface area contributed by atoms with Crippen molar-refractivity contribution in [1.82, 2.24) is 10.2 Å². The van der Waals surface area contributed by atoms with Crippen LogP contribution in [0.2, 0.25) is 0 Å². The summed E-state index contributed by atoms with van der Waals surface area (Å²) in [6.07, 6.45) is 3.81. The zero-order chi connectivity index (χ0) is 15.1. The van der Waals surface area contributed by atoms with Crippen LogP contribution in [0.3, 0.4) is 0 Å². The highest BCUT2D eigenvalue weighted by atomic mass is 16.5. The van der Waals surface area contributed by atoms with Gasteiger partial charge < -0.3 is 10.1 Å². The van der Waals surface area contributed by atoms with Gasteiger partial charge in [-0.2, -0.15) is 0 Å². The van der Waals surface area contributed by atoms with E-state index < -0.39 is 0 Å². The highest BCUT2D eigenvalue weighted by Crippen LogP contribution is 2.28. The summed E-state index contributed by atoms with van der Waals surface area (Å²) in [5.41, 5.74) is 2.83. The molecule has 0 heterocycles. The largest absolute Gasteiger partial charge is 0.383 e. The molecule has 1 aliphatic rings. The maximum Gasteiger partial charge on any atom is 0.0589 e. The normalized spacial score (nSPS) is 15.1. The zero-order valence-corrected chi connectivity index (χ0v) is 13.8. The standard InChI is InChI=1S/C18H30N2O/c1-15(2)19-11-10-16-4-6-17(7-5-16)14-20(12-13-21-3)18-8-9-18/h4-7,15,18-19H,8-14H2,1-3H3. The molecule has 0 aliphatic heterocycles. The van der Waals surface area contributed by atoms with Crippen molar-refractivity contribution in [2.24, 2.45) is 0 Å². The van der Waals surface area contributed by atoms with E-state index in [0.29, 0.717) is 6.04 Å². The Morgan fingerprint density at radius 2 is 1.86 bits per heavy atom. The lowest BCUT2D eigenvalue weighted by Crippen LogP contribution is -2.29. The molecule has 0 spiro atoms. The molecule has 1 saturated carbocycles. The van der Waals surface area contributed by atoms with Crippen LogP contribution in [0.5, 0.6) is 0 Å². The van der Waals surface area contributed by atoms with Crippen LogP contribution in [0.4, 0.5) is 0 Å². The minimum Gasteiger partial charge on any atom is -0.383 e. The average molecular weight is 290 g/mol. The molecule has 3 heteroatoms. The van der Waals surface area contributed by atoms with Crippen LogP contribution in [0.1, 0.15) is 37.8 Å². The monoisotopic (exact) mass is 290 g/mol. The van der Waals surface area contributed by atoms with Crippen LogP contribution < -0.4 is 5.32 Å². The third-order valence-corrected chi connectivity index (χ3v) is 4.02. The van der Waals surface area contributed by atoms with Gasteiger partial charge in [-0.3, -0.25) is 4.90 Å². The van der Waals surface area contributed by atoms with Crippen LogP contribution >= 0.6 is 0 Å². The maximum absolute atomic E-state index is 5.22. The van der Waals surface area contributed by atoms with E-state index in [1.54, 1.807) is 7.11 Å². The number of rotatable bonds is 10. The number of hydrogen-bond donors (Lipinski definition) is 1. The van der Waals surface area contributed by atoms with Crippen LogP contribution in [0.15, 0.2) is 24.3 Å². The summed E-state index contributed by atoms with van der Waals surface area (Å²) in [5.74, 6) is 0. The van der Waals surface area contributed by atoms with Crippen molar-refractivity contribution in [2.75, 3.05) is 26.8 Å². The molecule has 0 unspecified atom stereocenters. The van der Waals surface area contributed by atoms with Crippen molar-refractivity contribution in [3.05, 3.63) is 35.4 Å². The van der Waals surface area contributed by atoms with Crippen LogP contribution in [-0.2, 0) is 17.7 Å². The van der Waals surface area contributed by atoms with E-state index in [9.17, 15) is 0 Å². The van der Waals surface area contributed by atoms with Crippen molar-refractivity contribution >= 4 is 0 Å².